The van der Waals surface area contributed by atoms with E-state index in [1.54, 1.807) is 12.1 Å². The van der Waals surface area contributed by atoms with Crippen LogP contribution in [-0.4, -0.2) is 25.7 Å². The van der Waals surface area contributed by atoms with E-state index in [1.807, 2.05) is 0 Å². The van der Waals surface area contributed by atoms with Gasteiger partial charge in [-0.3, -0.25) is 0 Å². The second kappa shape index (κ2) is 4.04. The first-order valence-corrected chi connectivity index (χ1v) is 6.51. The van der Waals surface area contributed by atoms with Crippen LogP contribution in [-0.2, 0) is 10.0 Å². The SMILES string of the molecule is Nc1cccc(S(=O)(=O)NC2CC(O)C2)c1. The first-order chi connectivity index (χ1) is 7.47. The van der Waals surface area contributed by atoms with Crippen molar-refractivity contribution >= 4 is 15.7 Å². The first-order valence-electron chi connectivity index (χ1n) is 5.03. The Morgan fingerprint density at radius 1 is 1.38 bits per heavy atom. The summed E-state index contributed by atoms with van der Waals surface area (Å²) in [5.41, 5.74) is 5.94. The first kappa shape index (κ1) is 11.4. The maximum Gasteiger partial charge on any atom is 0.240 e. The summed E-state index contributed by atoms with van der Waals surface area (Å²) in [7, 11) is -3.51. The Bertz CT molecular complexity index is 481. The van der Waals surface area contributed by atoms with Crippen molar-refractivity contribution in [2.75, 3.05) is 5.73 Å². The lowest BCUT2D eigenvalue weighted by atomic mass is 9.91. The molecule has 5 nitrogen and oxygen atoms in total. The minimum atomic E-state index is -3.51. The molecule has 1 aliphatic carbocycles. The predicted octanol–water partition coefficient (Wildman–Crippen LogP) is 0.0704. The molecule has 1 saturated carbocycles. The number of hydrogen-bond donors (Lipinski definition) is 3. The average molecular weight is 242 g/mol. The summed E-state index contributed by atoms with van der Waals surface area (Å²) in [6, 6.07) is 5.97. The largest absolute Gasteiger partial charge is 0.399 e. The van der Waals surface area contributed by atoms with Crippen LogP contribution in [0.5, 0.6) is 0 Å². The average Bonchev–Trinajstić information content (AvgIpc) is 2.15. The zero-order chi connectivity index (χ0) is 11.8. The van der Waals surface area contributed by atoms with Crippen LogP contribution in [0.25, 0.3) is 0 Å². The van der Waals surface area contributed by atoms with E-state index in [-0.39, 0.29) is 17.0 Å². The quantitative estimate of drug-likeness (QED) is 0.654. The predicted molar refractivity (Wildman–Crippen MR) is 60.2 cm³/mol. The van der Waals surface area contributed by atoms with E-state index in [2.05, 4.69) is 4.72 Å². The van der Waals surface area contributed by atoms with Gasteiger partial charge < -0.3 is 10.8 Å². The van der Waals surface area contributed by atoms with Crippen LogP contribution in [0.4, 0.5) is 5.69 Å². The van der Waals surface area contributed by atoms with Crippen molar-refractivity contribution in [3.05, 3.63) is 24.3 Å². The summed E-state index contributed by atoms with van der Waals surface area (Å²) in [4.78, 5) is 0.161. The van der Waals surface area contributed by atoms with E-state index in [0.717, 1.165) is 0 Å². The highest BCUT2D eigenvalue weighted by molar-refractivity contribution is 7.89. The molecule has 0 amide bonds. The maximum absolute atomic E-state index is 11.8. The third-order valence-electron chi connectivity index (χ3n) is 2.60. The van der Waals surface area contributed by atoms with Gasteiger partial charge in [-0.1, -0.05) is 6.07 Å². The molecule has 0 unspecified atom stereocenters. The molecule has 1 aromatic rings. The summed E-state index contributed by atoms with van der Waals surface area (Å²) in [6.07, 6.45) is 0.567. The molecule has 0 saturated heterocycles. The van der Waals surface area contributed by atoms with Crippen molar-refractivity contribution in [1.29, 1.82) is 0 Å². The van der Waals surface area contributed by atoms with Crippen LogP contribution < -0.4 is 10.5 Å². The van der Waals surface area contributed by atoms with E-state index in [1.165, 1.54) is 12.1 Å². The Morgan fingerprint density at radius 2 is 2.06 bits per heavy atom. The fraction of sp³-hybridized carbons (Fsp3) is 0.400. The van der Waals surface area contributed by atoms with Crippen molar-refractivity contribution in [3.63, 3.8) is 0 Å². The molecule has 16 heavy (non-hydrogen) atoms. The van der Waals surface area contributed by atoms with E-state index < -0.39 is 10.0 Å². The highest BCUT2D eigenvalue weighted by Crippen LogP contribution is 2.22. The number of aliphatic hydroxyl groups is 1. The van der Waals surface area contributed by atoms with Crippen LogP contribution in [0.2, 0.25) is 0 Å². The molecule has 88 valence electrons. The van der Waals surface area contributed by atoms with Gasteiger partial charge in [0.1, 0.15) is 0 Å². The molecule has 6 heteroatoms. The van der Waals surface area contributed by atoms with Crippen molar-refractivity contribution in [2.24, 2.45) is 0 Å². The van der Waals surface area contributed by atoms with Crippen LogP contribution in [0.3, 0.4) is 0 Å². The summed E-state index contributed by atoms with van der Waals surface area (Å²) >= 11 is 0. The molecule has 4 N–H and O–H groups in total. The monoisotopic (exact) mass is 242 g/mol. The van der Waals surface area contributed by atoms with Gasteiger partial charge in [-0.15, -0.1) is 0 Å². The minimum Gasteiger partial charge on any atom is -0.399 e. The van der Waals surface area contributed by atoms with Gasteiger partial charge in [-0.25, -0.2) is 13.1 Å². The fourth-order valence-electron chi connectivity index (χ4n) is 1.65. The lowest BCUT2D eigenvalue weighted by Gasteiger charge is -2.31. The Hall–Kier alpha value is -1.11. The minimum absolute atomic E-state index is 0.161. The third-order valence-corrected chi connectivity index (χ3v) is 4.12. The zero-order valence-electron chi connectivity index (χ0n) is 8.63. The van der Waals surface area contributed by atoms with Crippen LogP contribution >= 0.6 is 0 Å². The van der Waals surface area contributed by atoms with E-state index in [0.29, 0.717) is 18.5 Å². The molecule has 1 fully saturated rings. The van der Waals surface area contributed by atoms with Gasteiger partial charge in [-0.05, 0) is 31.0 Å². The van der Waals surface area contributed by atoms with Crippen LogP contribution in [0, 0.1) is 0 Å². The van der Waals surface area contributed by atoms with E-state index >= 15 is 0 Å². The van der Waals surface area contributed by atoms with E-state index in [4.69, 9.17) is 10.8 Å². The van der Waals surface area contributed by atoms with Gasteiger partial charge in [0.15, 0.2) is 0 Å². The molecule has 0 aliphatic heterocycles. The van der Waals surface area contributed by atoms with Gasteiger partial charge in [0.2, 0.25) is 10.0 Å². The molecule has 0 aromatic heterocycles. The highest BCUT2D eigenvalue weighted by Gasteiger charge is 2.31. The van der Waals surface area contributed by atoms with Crippen LogP contribution in [0.1, 0.15) is 12.8 Å². The number of nitrogens with two attached hydrogens (primary N) is 1. The van der Waals surface area contributed by atoms with Gasteiger partial charge in [0.05, 0.1) is 11.0 Å². The summed E-state index contributed by atoms with van der Waals surface area (Å²) < 4.78 is 26.2. The second-order valence-corrected chi connectivity index (χ2v) is 5.73. The molecular weight excluding hydrogens is 228 g/mol. The van der Waals surface area contributed by atoms with Gasteiger partial charge in [0.25, 0.3) is 0 Å². The standard InChI is InChI=1S/C10H14N2O3S/c11-7-2-1-3-10(4-7)16(14,15)12-8-5-9(13)6-8/h1-4,8-9,12-13H,5-6,11H2. The summed E-state index contributed by atoms with van der Waals surface area (Å²) in [5, 5.41) is 9.08. The number of aliphatic hydroxyl groups excluding tert-OH is 1. The number of benzene rings is 1. The smallest absolute Gasteiger partial charge is 0.240 e. The molecular formula is C10H14N2O3S. The molecule has 0 radical (unpaired) electrons. The second-order valence-electron chi connectivity index (χ2n) is 4.02. The summed E-state index contributed by atoms with van der Waals surface area (Å²) in [5.74, 6) is 0. The Morgan fingerprint density at radius 3 is 2.62 bits per heavy atom. The van der Waals surface area contributed by atoms with Gasteiger partial charge in [0, 0.05) is 11.7 Å². The zero-order valence-corrected chi connectivity index (χ0v) is 9.44. The lowest BCUT2D eigenvalue weighted by Crippen LogP contribution is -2.46. The number of sulfonamides is 1. The van der Waals surface area contributed by atoms with E-state index in [9.17, 15) is 8.42 Å². The van der Waals surface area contributed by atoms with Crippen molar-refractivity contribution in [3.8, 4) is 0 Å². The molecule has 1 aromatic carbocycles. The molecule has 0 bridgehead atoms. The van der Waals surface area contributed by atoms with Gasteiger partial charge in [-0.2, -0.15) is 0 Å². The topological polar surface area (TPSA) is 92.4 Å². The normalized spacial score (nSPS) is 25.1. The Labute approximate surface area is 94.3 Å². The third kappa shape index (κ3) is 2.34. The Balaban J connectivity index is 2.13. The van der Waals surface area contributed by atoms with Crippen molar-refractivity contribution in [2.45, 2.75) is 29.9 Å². The van der Waals surface area contributed by atoms with Crippen LogP contribution in [0.15, 0.2) is 29.2 Å². The molecule has 0 spiro atoms. The number of nitrogen functional groups attached to an aromatic ring is 1. The molecule has 0 atom stereocenters. The maximum atomic E-state index is 11.8. The molecule has 0 heterocycles. The lowest BCUT2D eigenvalue weighted by molar-refractivity contribution is 0.0712. The van der Waals surface area contributed by atoms with Gasteiger partial charge >= 0.3 is 0 Å². The van der Waals surface area contributed by atoms with Crippen molar-refractivity contribution < 1.29 is 13.5 Å². The fourth-order valence-corrected chi connectivity index (χ4v) is 2.97. The number of rotatable bonds is 3. The Kier molecular flexibility index (Phi) is 2.88. The number of anilines is 1. The highest BCUT2D eigenvalue weighted by atomic mass is 32.2. The number of hydrogen-bond acceptors (Lipinski definition) is 4. The summed E-state index contributed by atoms with van der Waals surface area (Å²) in [6.45, 7) is 0. The number of nitrogens with one attached hydrogen (secondary N) is 1. The molecule has 2 rings (SSSR count). The molecule has 1 aliphatic rings. The van der Waals surface area contributed by atoms with Crippen molar-refractivity contribution in [1.82, 2.24) is 4.72 Å².